The van der Waals surface area contributed by atoms with Crippen molar-refractivity contribution in [2.75, 3.05) is 6.54 Å². The zero-order valence-corrected chi connectivity index (χ0v) is 16.1. The molecule has 5 rings (SSSR count). The zero-order chi connectivity index (χ0) is 20.8. The number of aromatic hydroxyl groups is 1. The highest BCUT2D eigenvalue weighted by Crippen LogP contribution is 2.46. The maximum Gasteiger partial charge on any atom is 0.276 e. The largest absolute Gasteiger partial charge is 0.502 e. The Labute approximate surface area is 172 Å². The molecule has 1 fully saturated rings. The van der Waals surface area contributed by atoms with Crippen LogP contribution in [0.5, 0.6) is 5.75 Å². The number of hydrogen-bond acceptors (Lipinski definition) is 4. The average Bonchev–Trinajstić information content (AvgIpc) is 3.25. The lowest BCUT2D eigenvalue weighted by Gasteiger charge is -2.42. The molecule has 3 aromatic rings. The van der Waals surface area contributed by atoms with Crippen molar-refractivity contribution in [1.29, 1.82) is 0 Å². The van der Waals surface area contributed by atoms with Crippen molar-refractivity contribution in [1.82, 2.24) is 14.7 Å². The quantitative estimate of drug-likeness (QED) is 0.727. The van der Waals surface area contributed by atoms with E-state index in [1.54, 1.807) is 23.1 Å². The van der Waals surface area contributed by atoms with Gasteiger partial charge < -0.3 is 10.0 Å². The number of halogens is 1. The number of rotatable bonds is 3. The predicted octanol–water partition coefficient (Wildman–Crippen LogP) is 3.08. The van der Waals surface area contributed by atoms with Gasteiger partial charge in [0, 0.05) is 12.5 Å². The molecule has 3 heterocycles. The molecule has 0 unspecified atom stereocenters. The Hall–Kier alpha value is -3.48. The van der Waals surface area contributed by atoms with Gasteiger partial charge in [0.05, 0.1) is 18.3 Å². The second-order valence-corrected chi connectivity index (χ2v) is 7.76. The Morgan fingerprint density at radius 1 is 1.07 bits per heavy atom. The molecule has 0 radical (unpaired) electrons. The van der Waals surface area contributed by atoms with Crippen LogP contribution in [-0.2, 0) is 0 Å². The minimum absolute atomic E-state index is 0.122. The van der Waals surface area contributed by atoms with Gasteiger partial charge in [-0.3, -0.25) is 14.3 Å². The molecular formula is C23H20FN3O3. The Morgan fingerprint density at radius 2 is 1.80 bits per heavy atom. The van der Waals surface area contributed by atoms with Crippen LogP contribution in [0.25, 0.3) is 0 Å². The van der Waals surface area contributed by atoms with Crippen LogP contribution in [0.3, 0.4) is 0 Å². The van der Waals surface area contributed by atoms with E-state index in [2.05, 4.69) is 5.10 Å². The molecule has 0 saturated carbocycles. The Bertz CT molecular complexity index is 1180. The number of aromatic nitrogens is 2. The van der Waals surface area contributed by atoms with Crippen LogP contribution < -0.4 is 5.43 Å². The lowest BCUT2D eigenvalue weighted by atomic mass is 9.79. The topological polar surface area (TPSA) is 75.4 Å². The summed E-state index contributed by atoms with van der Waals surface area (Å²) in [6.45, 7) is 0.529. The van der Waals surface area contributed by atoms with Crippen LogP contribution in [-0.4, -0.2) is 38.3 Å². The predicted molar refractivity (Wildman–Crippen MR) is 108 cm³/mol. The number of amides is 1. The molecule has 1 N–H and O–H groups in total. The molecule has 30 heavy (non-hydrogen) atoms. The van der Waals surface area contributed by atoms with Crippen LogP contribution in [0.15, 0.2) is 65.6 Å². The van der Waals surface area contributed by atoms with E-state index in [-0.39, 0.29) is 17.6 Å². The lowest BCUT2D eigenvalue weighted by molar-refractivity contribution is 0.0564. The van der Waals surface area contributed by atoms with Gasteiger partial charge in [0.25, 0.3) is 5.91 Å². The van der Waals surface area contributed by atoms with Crippen molar-refractivity contribution in [2.24, 2.45) is 0 Å². The van der Waals surface area contributed by atoms with Gasteiger partial charge in [-0.05, 0) is 30.0 Å². The van der Waals surface area contributed by atoms with Crippen molar-refractivity contribution in [3.05, 3.63) is 93.7 Å². The Balaban J connectivity index is 1.80. The van der Waals surface area contributed by atoms with Crippen molar-refractivity contribution < 1.29 is 14.3 Å². The molecule has 2 aliphatic heterocycles. The standard InChI is InChI=1S/C23H20FN3O3/c24-16-10-5-4-9-15(16)19(14-7-2-1-3-8-14)20-17-11-6-12-26(17)23(30)21-22(29)18(28)13-25-27(20)21/h1-5,7-10,13,17,19-20,29H,6,11-12H2/t17-,19-,20-/m1/s1. The molecule has 1 saturated heterocycles. The van der Waals surface area contributed by atoms with Crippen molar-refractivity contribution in [3.8, 4) is 5.75 Å². The Kier molecular flexibility index (Phi) is 4.38. The maximum atomic E-state index is 15.0. The van der Waals surface area contributed by atoms with Gasteiger partial charge >= 0.3 is 0 Å². The van der Waals surface area contributed by atoms with E-state index in [4.69, 9.17) is 0 Å². The van der Waals surface area contributed by atoms with Crippen LogP contribution in [0.2, 0.25) is 0 Å². The second-order valence-electron chi connectivity index (χ2n) is 7.76. The van der Waals surface area contributed by atoms with E-state index in [1.807, 2.05) is 30.3 Å². The molecular weight excluding hydrogens is 385 g/mol. The minimum Gasteiger partial charge on any atom is -0.502 e. The molecule has 0 bridgehead atoms. The van der Waals surface area contributed by atoms with Gasteiger partial charge in [-0.1, -0.05) is 48.5 Å². The second kappa shape index (κ2) is 7.09. The molecule has 0 aliphatic carbocycles. The highest BCUT2D eigenvalue weighted by molar-refractivity contribution is 5.96. The highest BCUT2D eigenvalue weighted by atomic mass is 19.1. The Morgan fingerprint density at radius 3 is 2.57 bits per heavy atom. The molecule has 7 heteroatoms. The lowest BCUT2D eigenvalue weighted by Crippen LogP contribution is -2.51. The van der Waals surface area contributed by atoms with Gasteiger partial charge in [0.15, 0.2) is 11.4 Å². The monoisotopic (exact) mass is 405 g/mol. The fourth-order valence-corrected chi connectivity index (χ4v) is 4.89. The van der Waals surface area contributed by atoms with Crippen LogP contribution >= 0.6 is 0 Å². The number of fused-ring (bicyclic) bond motifs is 2. The first kappa shape index (κ1) is 18.5. The number of nitrogens with zero attached hydrogens (tertiary/aromatic N) is 3. The summed E-state index contributed by atoms with van der Waals surface area (Å²) in [5.41, 5.74) is 0.539. The summed E-state index contributed by atoms with van der Waals surface area (Å²) in [4.78, 5) is 26.8. The van der Waals surface area contributed by atoms with E-state index in [0.717, 1.165) is 24.6 Å². The summed E-state index contributed by atoms with van der Waals surface area (Å²) >= 11 is 0. The third-order valence-corrected chi connectivity index (χ3v) is 6.17. The first-order chi connectivity index (χ1) is 14.6. The van der Waals surface area contributed by atoms with Gasteiger partial charge in [-0.15, -0.1) is 0 Å². The first-order valence-corrected chi connectivity index (χ1v) is 9.99. The number of carbonyl (C=O) groups is 1. The van der Waals surface area contributed by atoms with Gasteiger partial charge in [-0.25, -0.2) is 4.39 Å². The van der Waals surface area contributed by atoms with E-state index < -0.39 is 29.0 Å². The van der Waals surface area contributed by atoms with Gasteiger partial charge in [-0.2, -0.15) is 5.10 Å². The molecule has 152 valence electrons. The first-order valence-electron chi connectivity index (χ1n) is 9.99. The molecule has 0 spiro atoms. The smallest absolute Gasteiger partial charge is 0.276 e. The molecule has 2 aromatic carbocycles. The van der Waals surface area contributed by atoms with Crippen molar-refractivity contribution in [2.45, 2.75) is 30.8 Å². The highest BCUT2D eigenvalue weighted by Gasteiger charge is 2.48. The normalized spacial score (nSPS) is 21.2. The number of carbonyl (C=O) groups excluding carboxylic acids is 1. The summed E-state index contributed by atoms with van der Waals surface area (Å²) in [5, 5.41) is 14.7. The van der Waals surface area contributed by atoms with E-state index in [0.29, 0.717) is 12.1 Å². The fourth-order valence-electron chi connectivity index (χ4n) is 4.89. The third kappa shape index (κ3) is 2.73. The molecule has 1 aromatic heterocycles. The van der Waals surface area contributed by atoms with Crippen LogP contribution in [0, 0.1) is 5.82 Å². The summed E-state index contributed by atoms with van der Waals surface area (Å²) in [6, 6.07) is 15.4. The molecule has 3 atom stereocenters. The summed E-state index contributed by atoms with van der Waals surface area (Å²) < 4.78 is 16.5. The number of benzene rings is 2. The summed E-state index contributed by atoms with van der Waals surface area (Å²) in [6.07, 6.45) is 2.56. The van der Waals surface area contributed by atoms with E-state index >= 15 is 4.39 Å². The fraction of sp³-hybridized carbons (Fsp3) is 0.261. The molecule has 1 amide bonds. The zero-order valence-electron chi connectivity index (χ0n) is 16.1. The van der Waals surface area contributed by atoms with Gasteiger partial charge in [0.1, 0.15) is 5.82 Å². The van der Waals surface area contributed by atoms with E-state index in [1.165, 1.54) is 10.7 Å². The summed E-state index contributed by atoms with van der Waals surface area (Å²) in [7, 11) is 0. The SMILES string of the molecule is O=C1c2c(O)c(=O)cnn2[C@@H]([C@H](c2ccccc2)c2ccccc2F)[C@H]2CCCN12. The minimum atomic E-state index is -0.701. The van der Waals surface area contributed by atoms with Gasteiger partial charge in [0.2, 0.25) is 5.43 Å². The molecule has 2 aliphatic rings. The average molecular weight is 405 g/mol. The van der Waals surface area contributed by atoms with Crippen molar-refractivity contribution >= 4 is 5.91 Å². The van der Waals surface area contributed by atoms with Crippen LogP contribution in [0.1, 0.15) is 46.4 Å². The molecule has 6 nitrogen and oxygen atoms in total. The number of hydrogen-bond donors (Lipinski definition) is 1. The van der Waals surface area contributed by atoms with Crippen LogP contribution in [0.4, 0.5) is 4.39 Å². The summed E-state index contributed by atoms with van der Waals surface area (Å²) in [5.74, 6) is -1.82. The van der Waals surface area contributed by atoms with Crippen molar-refractivity contribution in [3.63, 3.8) is 0 Å². The van der Waals surface area contributed by atoms with E-state index in [9.17, 15) is 14.7 Å². The maximum absolute atomic E-state index is 15.0. The third-order valence-electron chi connectivity index (χ3n) is 6.17.